The van der Waals surface area contributed by atoms with Crippen LogP contribution in [-0.2, 0) is 4.79 Å². The van der Waals surface area contributed by atoms with E-state index >= 15 is 0 Å². The minimum absolute atomic E-state index is 0.944. The lowest BCUT2D eigenvalue weighted by molar-refractivity contribution is -0.130. The maximum Gasteiger partial charge on any atom is 0.408 e. The highest BCUT2D eigenvalue weighted by Gasteiger charge is 1.79. The maximum atomic E-state index is 9.01. The van der Waals surface area contributed by atoms with Crippen molar-refractivity contribution in [3.8, 4) is 6.07 Å². The number of rotatable bonds is 0. The Morgan fingerprint density at radius 2 is 1.86 bits per heavy atom. The molecule has 0 unspecified atom stereocenters. The summed E-state index contributed by atoms with van der Waals surface area (Å²) < 4.78 is 0. The fourth-order valence-electron chi connectivity index (χ4n) is 0. The molecule has 0 aliphatic rings. The first-order valence-electron chi connectivity index (χ1n) is 1.40. The average Bonchev–Trinajstić information content (AvgIpc) is 1.73. The van der Waals surface area contributed by atoms with Crippen LogP contribution in [0.1, 0.15) is 0 Å². The van der Waals surface area contributed by atoms with Crippen LogP contribution in [0.2, 0.25) is 0 Å². The molecule has 1 N–H and O–H groups in total. The van der Waals surface area contributed by atoms with Gasteiger partial charge in [-0.1, -0.05) is 0 Å². The molecule has 0 heterocycles. The highest BCUT2D eigenvalue weighted by molar-refractivity contribution is 5.83. The smallest absolute Gasteiger partial charge is 0.408 e. The van der Waals surface area contributed by atoms with Crippen molar-refractivity contribution < 1.29 is 9.90 Å². The van der Waals surface area contributed by atoms with Crippen LogP contribution >= 0.6 is 0 Å². The SMILES string of the molecule is C=C.N#CC(=O)O. The number of carboxylic acids is 1. The molecule has 0 rings (SSSR count). The van der Waals surface area contributed by atoms with Gasteiger partial charge in [-0.15, -0.1) is 13.2 Å². The van der Waals surface area contributed by atoms with Crippen LogP contribution in [0.25, 0.3) is 0 Å². The van der Waals surface area contributed by atoms with Gasteiger partial charge in [-0.2, -0.15) is 5.26 Å². The summed E-state index contributed by atoms with van der Waals surface area (Å²) in [6.07, 6.45) is 0. The molecule has 0 aromatic heterocycles. The van der Waals surface area contributed by atoms with E-state index in [-0.39, 0.29) is 0 Å². The van der Waals surface area contributed by atoms with Gasteiger partial charge < -0.3 is 5.11 Å². The minimum Gasteiger partial charge on any atom is -0.470 e. The number of hydrogen-bond acceptors (Lipinski definition) is 2. The minimum atomic E-state index is -1.44. The first-order chi connectivity index (χ1) is 3.27. The number of carbonyl (C=O) groups is 1. The highest BCUT2D eigenvalue weighted by Crippen LogP contribution is 1.44. The van der Waals surface area contributed by atoms with Gasteiger partial charge in [-0.25, -0.2) is 4.79 Å². The third kappa shape index (κ3) is 69.9. The molecule has 3 nitrogen and oxygen atoms in total. The van der Waals surface area contributed by atoms with Gasteiger partial charge in [0.25, 0.3) is 0 Å². The van der Waals surface area contributed by atoms with Crippen LogP contribution in [0.4, 0.5) is 0 Å². The monoisotopic (exact) mass is 99.0 g/mol. The molecule has 0 bridgehead atoms. The Bertz CT molecular complexity index is 92.4. The van der Waals surface area contributed by atoms with E-state index in [1.165, 1.54) is 0 Å². The average molecular weight is 99.1 g/mol. The van der Waals surface area contributed by atoms with Gasteiger partial charge in [0.05, 0.1) is 0 Å². The van der Waals surface area contributed by atoms with Crippen LogP contribution in [0.5, 0.6) is 0 Å². The molecule has 0 spiro atoms. The summed E-state index contributed by atoms with van der Waals surface area (Å²) in [5.74, 6) is -1.44. The van der Waals surface area contributed by atoms with E-state index in [1.54, 1.807) is 0 Å². The Morgan fingerprint density at radius 1 is 1.71 bits per heavy atom. The summed E-state index contributed by atoms with van der Waals surface area (Å²) in [6, 6.07) is 0.944. The summed E-state index contributed by atoms with van der Waals surface area (Å²) in [4.78, 5) is 9.01. The number of carboxylic acid groups (broad SMARTS) is 1. The molecule has 0 amide bonds. The van der Waals surface area contributed by atoms with E-state index in [4.69, 9.17) is 15.2 Å². The zero-order valence-corrected chi connectivity index (χ0v) is 3.72. The van der Waals surface area contributed by atoms with Gasteiger partial charge in [-0.3, -0.25) is 0 Å². The van der Waals surface area contributed by atoms with E-state index in [0.29, 0.717) is 0 Å². The second-order valence-electron chi connectivity index (χ2n) is 0.417. The third-order valence-electron chi connectivity index (χ3n) is 0.0956. The Kier molecular flexibility index (Phi) is 11.6. The van der Waals surface area contributed by atoms with E-state index < -0.39 is 5.97 Å². The van der Waals surface area contributed by atoms with Gasteiger partial charge in [-0.05, 0) is 0 Å². The van der Waals surface area contributed by atoms with Crippen molar-refractivity contribution >= 4 is 5.97 Å². The van der Waals surface area contributed by atoms with E-state index in [9.17, 15) is 0 Å². The Labute approximate surface area is 41.5 Å². The summed E-state index contributed by atoms with van der Waals surface area (Å²) in [5, 5.41) is 14.7. The van der Waals surface area contributed by atoms with Crippen LogP contribution in [0, 0.1) is 11.3 Å². The second-order valence-corrected chi connectivity index (χ2v) is 0.417. The fourth-order valence-corrected chi connectivity index (χ4v) is 0. The van der Waals surface area contributed by atoms with Crippen molar-refractivity contribution in [2.24, 2.45) is 0 Å². The van der Waals surface area contributed by atoms with Crippen molar-refractivity contribution in [1.82, 2.24) is 0 Å². The third-order valence-corrected chi connectivity index (χ3v) is 0.0956. The van der Waals surface area contributed by atoms with Crippen molar-refractivity contribution in [3.05, 3.63) is 13.2 Å². The number of nitriles is 1. The lowest BCUT2D eigenvalue weighted by Gasteiger charge is -1.56. The molecule has 0 saturated heterocycles. The lowest BCUT2D eigenvalue weighted by Crippen LogP contribution is -1.83. The number of hydrogen-bond donors (Lipinski definition) is 1. The van der Waals surface area contributed by atoms with Crippen molar-refractivity contribution in [3.63, 3.8) is 0 Å². The van der Waals surface area contributed by atoms with Gasteiger partial charge in [0.2, 0.25) is 0 Å². The largest absolute Gasteiger partial charge is 0.470 e. The van der Waals surface area contributed by atoms with Crippen LogP contribution < -0.4 is 0 Å². The molecule has 38 valence electrons. The van der Waals surface area contributed by atoms with E-state index in [0.717, 1.165) is 6.07 Å². The zero-order chi connectivity index (χ0) is 6.28. The summed E-state index contributed by atoms with van der Waals surface area (Å²) in [7, 11) is 0. The molecule has 7 heavy (non-hydrogen) atoms. The molecule has 0 fully saturated rings. The van der Waals surface area contributed by atoms with E-state index in [2.05, 4.69) is 13.2 Å². The highest BCUT2D eigenvalue weighted by atomic mass is 16.4. The molecule has 0 aromatic rings. The summed E-state index contributed by atoms with van der Waals surface area (Å²) in [6.45, 7) is 6.00. The van der Waals surface area contributed by atoms with Gasteiger partial charge in [0.15, 0.2) is 6.07 Å². The lowest BCUT2D eigenvalue weighted by atomic mass is 10.8. The molecule has 0 aliphatic carbocycles. The Morgan fingerprint density at radius 3 is 1.86 bits per heavy atom. The van der Waals surface area contributed by atoms with Crippen molar-refractivity contribution in [1.29, 1.82) is 5.26 Å². The maximum absolute atomic E-state index is 9.01. The Hall–Kier alpha value is -1.30. The first kappa shape index (κ1) is 9.20. The molecule has 0 aliphatic heterocycles. The molecule has 0 atom stereocenters. The van der Waals surface area contributed by atoms with Crippen LogP contribution in [0.15, 0.2) is 13.2 Å². The quantitative estimate of drug-likeness (QED) is 0.271. The van der Waals surface area contributed by atoms with Crippen molar-refractivity contribution in [2.75, 3.05) is 0 Å². The van der Waals surface area contributed by atoms with Gasteiger partial charge >= 0.3 is 5.97 Å². The summed E-state index contributed by atoms with van der Waals surface area (Å²) in [5.41, 5.74) is 0. The van der Waals surface area contributed by atoms with Gasteiger partial charge in [0.1, 0.15) is 0 Å². The van der Waals surface area contributed by atoms with Gasteiger partial charge in [0, 0.05) is 0 Å². The van der Waals surface area contributed by atoms with Crippen LogP contribution in [0.3, 0.4) is 0 Å². The standard InChI is InChI=1S/C2HNO2.C2H4/c3-1-2(4)5;1-2/h(H,4,5);1-2H2. The second kappa shape index (κ2) is 8.83. The topological polar surface area (TPSA) is 61.1 Å². The van der Waals surface area contributed by atoms with Crippen LogP contribution in [-0.4, -0.2) is 11.1 Å². The normalized spacial score (nSPS) is 4.43. The number of nitrogens with zero attached hydrogens (tertiary/aromatic N) is 1. The predicted octanol–water partition coefficient (Wildman–Crippen LogP) is 0.397. The fraction of sp³-hybridized carbons (Fsp3) is 0. The molecular weight excluding hydrogens is 94.0 g/mol. The molecule has 0 saturated carbocycles. The summed E-state index contributed by atoms with van der Waals surface area (Å²) >= 11 is 0. The predicted molar refractivity (Wildman–Crippen MR) is 24.5 cm³/mol. The molecule has 0 radical (unpaired) electrons. The number of aliphatic carboxylic acids is 1. The molecular formula is C4H5NO2. The zero-order valence-electron chi connectivity index (χ0n) is 3.72. The van der Waals surface area contributed by atoms with Crippen molar-refractivity contribution in [2.45, 2.75) is 0 Å². The Balaban J connectivity index is 0. The van der Waals surface area contributed by atoms with E-state index in [1.807, 2.05) is 0 Å². The molecule has 0 aromatic carbocycles. The first-order valence-corrected chi connectivity index (χ1v) is 1.40. The molecule has 3 heteroatoms.